The molecule has 1 N–H and O–H groups in total. The second-order valence-corrected chi connectivity index (χ2v) is 8.27. The van der Waals surface area contributed by atoms with Gasteiger partial charge in [0.1, 0.15) is 5.75 Å². The van der Waals surface area contributed by atoms with Crippen molar-refractivity contribution in [1.29, 1.82) is 0 Å². The van der Waals surface area contributed by atoms with E-state index in [9.17, 15) is 9.90 Å². The fourth-order valence-electron chi connectivity index (χ4n) is 4.18. The van der Waals surface area contributed by atoms with Gasteiger partial charge in [-0.05, 0) is 72.6 Å². The van der Waals surface area contributed by atoms with E-state index in [0.717, 1.165) is 61.3 Å². The van der Waals surface area contributed by atoms with Gasteiger partial charge in [-0.25, -0.2) is 0 Å². The van der Waals surface area contributed by atoms with Crippen molar-refractivity contribution in [3.63, 3.8) is 0 Å². The van der Waals surface area contributed by atoms with E-state index in [0.29, 0.717) is 12.3 Å². The SMILES string of the molecule is CC(C)C(=O)N1CCCc2cc3c(cc2CCc2cc(ccc2O)CC1)OCO3. The molecule has 2 aliphatic heterocycles. The van der Waals surface area contributed by atoms with Crippen LogP contribution in [0.1, 0.15) is 42.5 Å². The molecule has 1 amide bonds. The van der Waals surface area contributed by atoms with Crippen LogP contribution < -0.4 is 9.47 Å². The third-order valence-corrected chi connectivity index (χ3v) is 5.85. The molecule has 2 aliphatic rings. The maximum absolute atomic E-state index is 12.7. The molecule has 0 aliphatic carbocycles. The molecular formula is C24H29NO4. The van der Waals surface area contributed by atoms with Crippen LogP contribution in [0.2, 0.25) is 0 Å². The number of aromatic hydroxyl groups is 1. The van der Waals surface area contributed by atoms with Crippen molar-refractivity contribution in [2.24, 2.45) is 5.92 Å². The van der Waals surface area contributed by atoms with Crippen molar-refractivity contribution in [3.8, 4) is 17.2 Å². The summed E-state index contributed by atoms with van der Waals surface area (Å²) in [5, 5.41) is 10.3. The standard InChI is InChI=1S/C24H29NO4/c1-16(2)24(27)25-10-3-4-18-13-22-23(29-15-28-22)14-19(18)6-7-20-12-17(9-11-25)5-8-21(20)26/h5,8,12-14,16,26H,3-4,6-7,9-11,15H2,1-2H3. The molecule has 0 saturated heterocycles. The molecule has 0 radical (unpaired) electrons. The summed E-state index contributed by atoms with van der Waals surface area (Å²) in [5.41, 5.74) is 4.57. The second kappa shape index (κ2) is 8.36. The molecule has 154 valence electrons. The second-order valence-electron chi connectivity index (χ2n) is 8.27. The van der Waals surface area contributed by atoms with Crippen LogP contribution in [-0.2, 0) is 30.5 Å². The van der Waals surface area contributed by atoms with Gasteiger partial charge in [-0.1, -0.05) is 26.0 Å². The Morgan fingerprint density at radius 1 is 0.931 bits per heavy atom. The first-order valence-electron chi connectivity index (χ1n) is 10.5. The number of phenols is 1. The molecule has 2 aromatic carbocycles. The predicted molar refractivity (Wildman–Crippen MR) is 112 cm³/mol. The Morgan fingerprint density at radius 2 is 1.62 bits per heavy atom. The summed E-state index contributed by atoms with van der Waals surface area (Å²) in [7, 11) is 0. The first kappa shape index (κ1) is 19.6. The topological polar surface area (TPSA) is 59.0 Å². The minimum Gasteiger partial charge on any atom is -0.508 e. The number of phenolic OH excluding ortho intramolecular Hbond substituents is 1. The highest BCUT2D eigenvalue weighted by atomic mass is 16.7. The van der Waals surface area contributed by atoms with Crippen LogP contribution in [0.15, 0.2) is 30.3 Å². The summed E-state index contributed by atoms with van der Waals surface area (Å²) in [6, 6.07) is 9.98. The number of carbonyl (C=O) groups excluding carboxylic acids is 1. The summed E-state index contributed by atoms with van der Waals surface area (Å²) < 4.78 is 11.2. The summed E-state index contributed by atoms with van der Waals surface area (Å²) in [5.74, 6) is 2.11. The zero-order valence-corrected chi connectivity index (χ0v) is 17.2. The highest BCUT2D eigenvalue weighted by Crippen LogP contribution is 2.36. The van der Waals surface area contributed by atoms with E-state index in [-0.39, 0.29) is 18.6 Å². The number of hydrogen-bond donors (Lipinski definition) is 1. The lowest BCUT2D eigenvalue weighted by Crippen LogP contribution is -2.36. The number of ether oxygens (including phenoxy) is 2. The van der Waals surface area contributed by atoms with Crippen molar-refractivity contribution in [1.82, 2.24) is 4.90 Å². The molecule has 0 spiro atoms. The molecule has 0 fully saturated rings. The monoisotopic (exact) mass is 395 g/mol. The lowest BCUT2D eigenvalue weighted by molar-refractivity contribution is -0.134. The Bertz CT molecular complexity index is 906. The smallest absolute Gasteiger partial charge is 0.231 e. The molecule has 0 aromatic heterocycles. The summed E-state index contributed by atoms with van der Waals surface area (Å²) in [6.45, 7) is 5.62. The molecular weight excluding hydrogens is 366 g/mol. The molecule has 0 saturated carbocycles. The maximum Gasteiger partial charge on any atom is 0.231 e. The maximum atomic E-state index is 12.7. The number of benzene rings is 2. The number of carbonyl (C=O) groups is 1. The van der Waals surface area contributed by atoms with E-state index in [1.165, 1.54) is 11.1 Å². The molecule has 5 nitrogen and oxygen atoms in total. The van der Waals surface area contributed by atoms with Crippen LogP contribution in [0.4, 0.5) is 0 Å². The number of nitrogens with zero attached hydrogens (tertiary/aromatic N) is 1. The molecule has 29 heavy (non-hydrogen) atoms. The van der Waals surface area contributed by atoms with Crippen molar-refractivity contribution in [2.45, 2.75) is 46.0 Å². The van der Waals surface area contributed by atoms with Gasteiger partial charge >= 0.3 is 0 Å². The first-order chi connectivity index (χ1) is 14.0. The zero-order valence-electron chi connectivity index (χ0n) is 17.2. The third-order valence-electron chi connectivity index (χ3n) is 5.85. The summed E-state index contributed by atoms with van der Waals surface area (Å²) >= 11 is 0. The van der Waals surface area contributed by atoms with Gasteiger partial charge in [-0.2, -0.15) is 0 Å². The van der Waals surface area contributed by atoms with E-state index in [1.54, 1.807) is 6.07 Å². The average Bonchev–Trinajstić information content (AvgIpc) is 3.16. The van der Waals surface area contributed by atoms with E-state index in [4.69, 9.17) is 9.47 Å². The van der Waals surface area contributed by atoms with Gasteiger partial charge in [0.2, 0.25) is 12.7 Å². The largest absolute Gasteiger partial charge is 0.508 e. The van der Waals surface area contributed by atoms with Gasteiger partial charge in [0.25, 0.3) is 0 Å². The van der Waals surface area contributed by atoms with E-state index in [2.05, 4.69) is 18.2 Å². The number of rotatable bonds is 1. The molecule has 2 aromatic rings. The quantitative estimate of drug-likeness (QED) is 0.796. The van der Waals surface area contributed by atoms with Gasteiger partial charge in [0.05, 0.1) is 0 Å². The van der Waals surface area contributed by atoms with Gasteiger partial charge in [-0.3, -0.25) is 4.79 Å². The lowest BCUT2D eigenvalue weighted by Gasteiger charge is -2.25. The van der Waals surface area contributed by atoms with Crippen molar-refractivity contribution >= 4 is 5.91 Å². The molecule has 2 bridgehead atoms. The average molecular weight is 395 g/mol. The van der Waals surface area contributed by atoms with E-state index < -0.39 is 0 Å². The highest BCUT2D eigenvalue weighted by Gasteiger charge is 2.20. The molecule has 0 atom stereocenters. The van der Waals surface area contributed by atoms with Crippen molar-refractivity contribution in [2.75, 3.05) is 19.9 Å². The van der Waals surface area contributed by atoms with E-state index in [1.807, 2.05) is 24.8 Å². The van der Waals surface area contributed by atoms with Crippen molar-refractivity contribution < 1.29 is 19.4 Å². The number of aryl methyl sites for hydroxylation is 3. The highest BCUT2D eigenvalue weighted by molar-refractivity contribution is 5.78. The normalized spacial score (nSPS) is 16.6. The van der Waals surface area contributed by atoms with E-state index >= 15 is 0 Å². The van der Waals surface area contributed by atoms with Crippen LogP contribution in [-0.4, -0.2) is 35.8 Å². The number of amides is 1. The van der Waals surface area contributed by atoms with Gasteiger partial charge in [0, 0.05) is 19.0 Å². The van der Waals surface area contributed by atoms with Crippen LogP contribution in [0.5, 0.6) is 17.2 Å². The van der Waals surface area contributed by atoms with Gasteiger partial charge in [0.15, 0.2) is 11.5 Å². The zero-order chi connectivity index (χ0) is 20.4. The van der Waals surface area contributed by atoms with Crippen LogP contribution in [0.25, 0.3) is 0 Å². The fourth-order valence-corrected chi connectivity index (χ4v) is 4.18. The third kappa shape index (κ3) is 4.34. The Hall–Kier alpha value is -2.69. The number of fused-ring (bicyclic) bond motifs is 4. The fraction of sp³-hybridized carbons (Fsp3) is 0.458. The van der Waals surface area contributed by atoms with Crippen LogP contribution in [0, 0.1) is 5.92 Å². The summed E-state index contributed by atoms with van der Waals surface area (Å²) in [4.78, 5) is 14.7. The first-order valence-corrected chi connectivity index (χ1v) is 10.5. The molecule has 5 heteroatoms. The molecule has 2 heterocycles. The predicted octanol–water partition coefficient (Wildman–Crippen LogP) is 3.88. The number of hydrogen-bond acceptors (Lipinski definition) is 4. The Morgan fingerprint density at radius 3 is 2.34 bits per heavy atom. The van der Waals surface area contributed by atoms with Crippen LogP contribution >= 0.6 is 0 Å². The Kier molecular flexibility index (Phi) is 5.65. The minimum absolute atomic E-state index is 0.0119. The molecule has 4 rings (SSSR count). The Balaban J connectivity index is 1.67. The molecule has 0 unspecified atom stereocenters. The summed E-state index contributed by atoms with van der Waals surface area (Å²) in [6.07, 6.45) is 4.19. The van der Waals surface area contributed by atoms with Crippen LogP contribution in [0.3, 0.4) is 0 Å². The lowest BCUT2D eigenvalue weighted by atomic mass is 9.95. The Labute approximate surface area is 172 Å². The van der Waals surface area contributed by atoms with Gasteiger partial charge in [-0.15, -0.1) is 0 Å². The van der Waals surface area contributed by atoms with Gasteiger partial charge < -0.3 is 19.5 Å². The van der Waals surface area contributed by atoms with Crippen molar-refractivity contribution in [3.05, 3.63) is 52.6 Å². The minimum atomic E-state index is -0.0119.